The Morgan fingerprint density at radius 1 is 1.11 bits per heavy atom. The van der Waals surface area contributed by atoms with Crippen LogP contribution >= 0.6 is 0 Å². The number of hydrogen-bond donors (Lipinski definition) is 2. The molecule has 3 aromatic rings. The number of hydrogen-bond acceptors (Lipinski definition) is 7. The third kappa shape index (κ3) is 4.87. The summed E-state index contributed by atoms with van der Waals surface area (Å²) >= 11 is 0. The summed E-state index contributed by atoms with van der Waals surface area (Å²) in [5.41, 5.74) is 0.144. The van der Waals surface area contributed by atoms with E-state index in [1.165, 1.54) is 23.1 Å². The van der Waals surface area contributed by atoms with Gasteiger partial charge in [-0.1, -0.05) is 6.07 Å². The summed E-state index contributed by atoms with van der Waals surface area (Å²) in [6.07, 6.45) is 0. The van der Waals surface area contributed by atoms with Crippen LogP contribution in [-0.4, -0.2) is 69.2 Å². The van der Waals surface area contributed by atoms with Crippen LogP contribution in [0, 0.1) is 0 Å². The Morgan fingerprint density at radius 2 is 1.86 bits per heavy atom. The highest BCUT2D eigenvalue weighted by molar-refractivity contribution is 7.92. The fourth-order valence-corrected chi connectivity index (χ4v) is 4.76. The lowest BCUT2D eigenvalue weighted by Crippen LogP contribution is -2.29. The average Bonchev–Trinajstić information content (AvgIpc) is 3.07. The maximum absolute atomic E-state index is 12.4. The number of amides is 2. The molecule has 1 aliphatic rings. The zero-order chi connectivity index (χ0) is 25.3. The number of fused-ring (bicyclic) bond motifs is 1. The maximum atomic E-state index is 12.4. The quantitative estimate of drug-likeness (QED) is 0.366. The van der Waals surface area contributed by atoms with E-state index in [1.807, 2.05) is 4.72 Å². The molecule has 12 heteroatoms. The minimum Gasteiger partial charge on any atom is -0.593 e. The molecule has 35 heavy (non-hydrogen) atoms. The molecule has 1 aliphatic heterocycles. The minimum absolute atomic E-state index is 0.0234. The van der Waals surface area contributed by atoms with Gasteiger partial charge in [-0.3, -0.25) is 9.59 Å². The highest BCUT2D eigenvalue weighted by Crippen LogP contribution is 2.36. The smallest absolute Gasteiger partial charge is 0.326 e. The number of aromatic hydroxyl groups is 1. The second kappa shape index (κ2) is 9.22. The second-order valence-corrected chi connectivity index (χ2v) is 9.56. The molecule has 11 nitrogen and oxygen atoms in total. The molecule has 3 aromatic carbocycles. The van der Waals surface area contributed by atoms with Gasteiger partial charge in [-0.2, -0.15) is 8.42 Å². The highest BCUT2D eigenvalue weighted by Gasteiger charge is 2.35. The van der Waals surface area contributed by atoms with E-state index < -0.39 is 22.7 Å². The molecule has 0 atom stereocenters. The van der Waals surface area contributed by atoms with E-state index in [-0.39, 0.29) is 47.6 Å². The Labute approximate surface area is 201 Å². The highest BCUT2D eigenvalue weighted by atomic mass is 32.2. The first-order chi connectivity index (χ1) is 16.6. The van der Waals surface area contributed by atoms with Crippen LogP contribution in [0.4, 0.5) is 5.69 Å². The number of phenols is 1. The molecular formula is C23H24N3O8S+. The van der Waals surface area contributed by atoms with Crippen LogP contribution in [0.25, 0.3) is 10.8 Å². The number of rotatable bonds is 7. The van der Waals surface area contributed by atoms with Gasteiger partial charge in [0.05, 0.1) is 5.69 Å². The summed E-state index contributed by atoms with van der Waals surface area (Å²) in [6.45, 7) is -0.185. The molecule has 0 radical (unpaired) electrons. The molecule has 0 aliphatic carbocycles. The number of anilines is 1. The first-order valence-electron chi connectivity index (χ1n) is 10.5. The van der Waals surface area contributed by atoms with Gasteiger partial charge in [0.15, 0.2) is 5.56 Å². The van der Waals surface area contributed by atoms with Crippen LogP contribution in [0.1, 0.15) is 10.4 Å². The van der Waals surface area contributed by atoms with Crippen molar-refractivity contribution in [1.29, 1.82) is 0 Å². The van der Waals surface area contributed by atoms with Crippen molar-refractivity contribution in [2.24, 2.45) is 0 Å². The molecule has 0 bridgehead atoms. The second-order valence-electron chi connectivity index (χ2n) is 7.96. The number of phenolic OH excluding ortho intramolecular Hbond substituents is 1. The Morgan fingerprint density at radius 3 is 2.54 bits per heavy atom. The van der Waals surface area contributed by atoms with Crippen molar-refractivity contribution < 1.29 is 37.7 Å². The SMILES string of the molecule is CN(C)C(=O)c1c([OH2+])cccc1OCCOc1ccc2cc(O)c(N3CC(=O)NS3(=O)=O)cc2c1. The fraction of sp³-hybridized carbons (Fsp3) is 0.217. The van der Waals surface area contributed by atoms with Crippen molar-refractivity contribution in [3.63, 3.8) is 0 Å². The van der Waals surface area contributed by atoms with E-state index in [0.717, 1.165) is 4.31 Å². The van der Waals surface area contributed by atoms with E-state index in [4.69, 9.17) is 14.6 Å². The summed E-state index contributed by atoms with van der Waals surface area (Å²) in [4.78, 5) is 25.3. The van der Waals surface area contributed by atoms with Gasteiger partial charge in [0.25, 0.3) is 17.6 Å². The van der Waals surface area contributed by atoms with Crippen molar-refractivity contribution in [3.05, 3.63) is 54.1 Å². The molecule has 0 saturated carbocycles. The number of benzene rings is 3. The first kappa shape index (κ1) is 24.0. The van der Waals surface area contributed by atoms with E-state index in [0.29, 0.717) is 16.5 Å². The molecule has 1 fully saturated rings. The molecule has 4 rings (SSSR count). The summed E-state index contributed by atoms with van der Waals surface area (Å²) in [5.74, 6) is -0.486. The molecule has 184 valence electrons. The number of carbonyl (C=O) groups excluding carboxylic acids is 2. The van der Waals surface area contributed by atoms with E-state index in [1.54, 1.807) is 44.4 Å². The molecule has 1 heterocycles. The lowest BCUT2D eigenvalue weighted by atomic mass is 10.1. The summed E-state index contributed by atoms with van der Waals surface area (Å²) in [7, 11) is -0.873. The molecule has 1 saturated heterocycles. The zero-order valence-corrected chi connectivity index (χ0v) is 19.8. The third-order valence-corrected chi connectivity index (χ3v) is 6.64. The van der Waals surface area contributed by atoms with Gasteiger partial charge in [-0.15, -0.1) is 0 Å². The van der Waals surface area contributed by atoms with Crippen molar-refractivity contribution in [1.82, 2.24) is 9.62 Å². The molecule has 0 unspecified atom stereocenters. The number of nitrogens with zero attached hydrogens (tertiary/aromatic N) is 2. The Balaban J connectivity index is 1.48. The normalized spacial score (nSPS) is 14.6. The van der Waals surface area contributed by atoms with Gasteiger partial charge >= 0.3 is 10.2 Å². The summed E-state index contributed by atoms with van der Waals surface area (Å²) < 4.78 is 38.4. The van der Waals surface area contributed by atoms with Crippen molar-refractivity contribution >= 4 is 38.5 Å². The van der Waals surface area contributed by atoms with Crippen LogP contribution < -0.4 is 18.5 Å². The van der Waals surface area contributed by atoms with Gasteiger partial charge in [0.1, 0.15) is 37.0 Å². The Kier molecular flexibility index (Phi) is 6.31. The molecule has 0 aromatic heterocycles. The van der Waals surface area contributed by atoms with Crippen LogP contribution in [0.5, 0.6) is 23.0 Å². The zero-order valence-electron chi connectivity index (χ0n) is 18.9. The molecule has 0 spiro atoms. The third-order valence-electron chi connectivity index (χ3n) is 5.25. The molecule has 4 N–H and O–H groups in total. The predicted molar refractivity (Wildman–Crippen MR) is 129 cm³/mol. The van der Waals surface area contributed by atoms with E-state index in [2.05, 4.69) is 0 Å². The van der Waals surface area contributed by atoms with Crippen molar-refractivity contribution in [2.75, 3.05) is 38.2 Å². The number of ether oxygens (including phenoxy) is 2. The van der Waals surface area contributed by atoms with Gasteiger partial charge in [-0.05, 0) is 47.2 Å². The van der Waals surface area contributed by atoms with E-state index in [9.17, 15) is 23.1 Å². The van der Waals surface area contributed by atoms with Crippen LogP contribution in [0.15, 0.2) is 48.5 Å². The van der Waals surface area contributed by atoms with Crippen LogP contribution in [0.2, 0.25) is 0 Å². The van der Waals surface area contributed by atoms with Crippen LogP contribution in [-0.2, 0) is 15.0 Å². The fourth-order valence-electron chi connectivity index (χ4n) is 3.61. The van der Waals surface area contributed by atoms with Gasteiger partial charge < -0.3 is 24.6 Å². The molecule has 2 amide bonds. The number of carbonyl (C=O) groups is 2. The maximum Gasteiger partial charge on any atom is 0.326 e. The standard InChI is InChI=1S/C23H23N3O8S/c1-25(2)23(30)22-18(27)4-3-5-20(22)34-9-8-33-16-7-6-14-12-19(28)17(11-15(14)10-16)26-13-21(29)24-35(26,31)32/h3-7,10-12,27-28H,8-9,13H2,1-2H3,(H,24,29)/p+1. The summed E-state index contributed by atoms with van der Waals surface area (Å²) in [5, 5.41) is 19.6. The largest absolute Gasteiger partial charge is 0.593 e. The van der Waals surface area contributed by atoms with Gasteiger partial charge in [-0.25, -0.2) is 9.03 Å². The summed E-state index contributed by atoms with van der Waals surface area (Å²) in [6, 6.07) is 12.7. The lowest BCUT2D eigenvalue weighted by molar-refractivity contribution is -0.117. The first-order valence-corrected chi connectivity index (χ1v) is 11.9. The molecular weight excluding hydrogens is 478 g/mol. The number of nitrogens with one attached hydrogen (secondary N) is 1. The van der Waals surface area contributed by atoms with Gasteiger partial charge in [0, 0.05) is 20.2 Å². The average molecular weight is 503 g/mol. The van der Waals surface area contributed by atoms with Crippen LogP contribution in [0.3, 0.4) is 0 Å². The monoisotopic (exact) mass is 502 g/mol. The van der Waals surface area contributed by atoms with Crippen molar-refractivity contribution in [2.45, 2.75) is 0 Å². The van der Waals surface area contributed by atoms with Crippen molar-refractivity contribution in [3.8, 4) is 23.0 Å². The predicted octanol–water partition coefficient (Wildman–Crippen LogP) is 1.32. The van der Waals surface area contributed by atoms with Gasteiger partial charge in [0.2, 0.25) is 0 Å². The topological polar surface area (TPSA) is 148 Å². The Bertz CT molecular complexity index is 1420. The Hall–Kier alpha value is -4.19. The van der Waals surface area contributed by atoms with E-state index >= 15 is 0 Å². The lowest BCUT2D eigenvalue weighted by Gasteiger charge is -2.17. The minimum atomic E-state index is -4.07.